The Morgan fingerprint density at radius 3 is 2.80 bits per heavy atom. The molecule has 4 heteroatoms. The molecule has 0 fully saturated rings. The van der Waals surface area contributed by atoms with E-state index in [-0.39, 0.29) is 6.04 Å². The van der Waals surface area contributed by atoms with Gasteiger partial charge in [0, 0.05) is 6.20 Å². The van der Waals surface area contributed by atoms with E-state index in [9.17, 15) is 0 Å². The molecule has 1 rings (SSSR count). The molecule has 82 valence electrons. The van der Waals surface area contributed by atoms with E-state index < -0.39 is 0 Å². The second-order valence-corrected chi connectivity index (χ2v) is 4.08. The van der Waals surface area contributed by atoms with Crippen LogP contribution in [0.15, 0.2) is 24.4 Å². The fourth-order valence-electron chi connectivity index (χ4n) is 1.44. The van der Waals surface area contributed by atoms with Crippen LogP contribution in [0, 0.1) is 5.92 Å². The maximum absolute atomic E-state index is 4.71. The minimum Gasteiger partial charge on any atom is -0.318 e. The molecule has 15 heavy (non-hydrogen) atoms. The Balaban J connectivity index is 2.67. The number of aromatic nitrogens is 1. The number of thiocarbonyl (C=S) groups is 1. The molecule has 0 aliphatic heterocycles. The first kappa shape index (κ1) is 12.1. The van der Waals surface area contributed by atoms with Gasteiger partial charge in [0.2, 0.25) is 0 Å². The predicted octanol–water partition coefficient (Wildman–Crippen LogP) is 2.22. The van der Waals surface area contributed by atoms with Crippen molar-refractivity contribution in [1.82, 2.24) is 15.8 Å². The molecule has 0 saturated heterocycles. The van der Waals surface area contributed by atoms with Crippen molar-refractivity contribution in [2.75, 3.05) is 0 Å². The first-order valence-electron chi connectivity index (χ1n) is 5.09. The van der Waals surface area contributed by atoms with Gasteiger partial charge in [-0.25, -0.2) is 5.43 Å². The Morgan fingerprint density at radius 2 is 2.27 bits per heavy atom. The van der Waals surface area contributed by atoms with E-state index in [2.05, 4.69) is 29.7 Å². The zero-order chi connectivity index (χ0) is 11.1. The van der Waals surface area contributed by atoms with Gasteiger partial charge in [0.1, 0.15) is 0 Å². The van der Waals surface area contributed by atoms with Crippen molar-refractivity contribution in [2.45, 2.75) is 26.3 Å². The molecule has 1 aromatic rings. The van der Waals surface area contributed by atoms with Crippen LogP contribution in [0.1, 0.15) is 32.0 Å². The van der Waals surface area contributed by atoms with Crippen LogP contribution in [0.25, 0.3) is 0 Å². The summed E-state index contributed by atoms with van der Waals surface area (Å²) in [5.74, 6) is 0.608. The second-order valence-electron chi connectivity index (χ2n) is 3.84. The van der Waals surface area contributed by atoms with Crippen molar-refractivity contribution in [3.8, 4) is 0 Å². The highest BCUT2D eigenvalue weighted by Gasteiger charge is 2.12. The molecule has 0 amide bonds. The summed E-state index contributed by atoms with van der Waals surface area (Å²) in [4.78, 5) is 4.33. The lowest BCUT2D eigenvalue weighted by molar-refractivity contribution is 0.410. The summed E-state index contributed by atoms with van der Waals surface area (Å²) >= 11 is 4.71. The Kier molecular flexibility index (Phi) is 5.21. The van der Waals surface area contributed by atoms with Crippen molar-refractivity contribution in [2.24, 2.45) is 5.92 Å². The molecule has 0 spiro atoms. The number of nitrogens with one attached hydrogen (secondary N) is 2. The molecule has 2 N–H and O–H groups in total. The third-order valence-electron chi connectivity index (χ3n) is 2.07. The van der Waals surface area contributed by atoms with Crippen molar-refractivity contribution < 1.29 is 0 Å². The van der Waals surface area contributed by atoms with Crippen LogP contribution in [-0.2, 0) is 0 Å². The molecule has 1 unspecified atom stereocenters. The number of hydrazine groups is 1. The average molecular weight is 223 g/mol. The zero-order valence-electron chi connectivity index (χ0n) is 9.10. The number of hydrogen-bond donors (Lipinski definition) is 2. The van der Waals surface area contributed by atoms with E-state index in [0.717, 1.165) is 12.1 Å². The minimum absolute atomic E-state index is 0.199. The maximum atomic E-state index is 4.71. The van der Waals surface area contributed by atoms with E-state index in [1.165, 1.54) is 5.49 Å². The molecule has 0 aliphatic rings. The van der Waals surface area contributed by atoms with Crippen LogP contribution in [0.3, 0.4) is 0 Å². The zero-order valence-corrected chi connectivity index (χ0v) is 9.92. The topological polar surface area (TPSA) is 37.0 Å². The third-order valence-corrected chi connectivity index (χ3v) is 2.19. The van der Waals surface area contributed by atoms with E-state index in [4.69, 9.17) is 12.2 Å². The fourth-order valence-corrected chi connectivity index (χ4v) is 1.51. The molecule has 1 heterocycles. The largest absolute Gasteiger partial charge is 0.318 e. The highest BCUT2D eigenvalue weighted by atomic mass is 32.1. The van der Waals surface area contributed by atoms with Gasteiger partial charge < -0.3 is 5.43 Å². The standard InChI is InChI=1S/C11H17N3S/c1-9(2)7-11(14-13-8-15)10-5-3-4-6-12-10/h3-6,8-9,11,14H,7H2,1-2H3,(H,13,15). The Bertz CT molecular complexity index is 287. The second kappa shape index (κ2) is 6.48. The lowest BCUT2D eigenvalue weighted by Crippen LogP contribution is -2.34. The van der Waals surface area contributed by atoms with Crippen molar-refractivity contribution in [3.63, 3.8) is 0 Å². The smallest absolute Gasteiger partial charge is 0.0757 e. The van der Waals surface area contributed by atoms with Crippen molar-refractivity contribution in [3.05, 3.63) is 30.1 Å². The van der Waals surface area contributed by atoms with Crippen LogP contribution in [0.5, 0.6) is 0 Å². The normalized spacial score (nSPS) is 12.5. The summed E-state index contributed by atoms with van der Waals surface area (Å²) in [5.41, 5.74) is 8.50. The Hall–Kier alpha value is -1.00. The van der Waals surface area contributed by atoms with Crippen LogP contribution in [-0.4, -0.2) is 10.5 Å². The molecule has 0 aliphatic carbocycles. The number of pyridine rings is 1. The third kappa shape index (κ3) is 4.36. The van der Waals surface area contributed by atoms with Gasteiger partial charge in [-0.3, -0.25) is 4.98 Å². The first-order chi connectivity index (χ1) is 7.24. The van der Waals surface area contributed by atoms with Crippen LogP contribution >= 0.6 is 12.2 Å². The molecule has 1 aromatic heterocycles. The average Bonchev–Trinajstić information content (AvgIpc) is 2.25. The monoisotopic (exact) mass is 223 g/mol. The summed E-state index contributed by atoms with van der Waals surface area (Å²) in [7, 11) is 0. The van der Waals surface area contributed by atoms with E-state index in [0.29, 0.717) is 5.92 Å². The van der Waals surface area contributed by atoms with Gasteiger partial charge in [0.25, 0.3) is 0 Å². The number of nitrogens with zero attached hydrogens (tertiary/aromatic N) is 1. The highest BCUT2D eigenvalue weighted by Crippen LogP contribution is 2.18. The first-order valence-corrected chi connectivity index (χ1v) is 5.56. The lowest BCUT2D eigenvalue weighted by atomic mass is 10.0. The molecule has 0 bridgehead atoms. The summed E-state index contributed by atoms with van der Waals surface area (Å²) in [6.07, 6.45) is 2.83. The predicted molar refractivity (Wildman–Crippen MR) is 66.4 cm³/mol. The van der Waals surface area contributed by atoms with Crippen molar-refractivity contribution >= 4 is 17.7 Å². The van der Waals surface area contributed by atoms with E-state index in [1.807, 2.05) is 24.4 Å². The van der Waals surface area contributed by atoms with Gasteiger partial charge in [-0.15, -0.1) is 0 Å². The lowest BCUT2D eigenvalue weighted by Gasteiger charge is -2.19. The van der Waals surface area contributed by atoms with Gasteiger partial charge >= 0.3 is 0 Å². The SMILES string of the molecule is CC(C)CC(NNC=S)c1ccccn1. The summed E-state index contributed by atoms with van der Waals surface area (Å²) in [5, 5.41) is 0. The Morgan fingerprint density at radius 1 is 1.47 bits per heavy atom. The molecule has 1 atom stereocenters. The molecule has 3 nitrogen and oxygen atoms in total. The Labute approximate surface area is 96.3 Å². The molecular weight excluding hydrogens is 206 g/mol. The van der Waals surface area contributed by atoms with Gasteiger partial charge in [0.05, 0.1) is 17.2 Å². The highest BCUT2D eigenvalue weighted by molar-refractivity contribution is 7.78. The van der Waals surface area contributed by atoms with Gasteiger partial charge in [-0.1, -0.05) is 32.1 Å². The van der Waals surface area contributed by atoms with E-state index in [1.54, 1.807) is 0 Å². The molecule has 0 aromatic carbocycles. The van der Waals surface area contributed by atoms with Crippen LogP contribution in [0.4, 0.5) is 0 Å². The van der Waals surface area contributed by atoms with Crippen LogP contribution < -0.4 is 10.9 Å². The molecular formula is C11H17N3S. The maximum Gasteiger partial charge on any atom is 0.0757 e. The number of hydrogen-bond acceptors (Lipinski definition) is 3. The van der Waals surface area contributed by atoms with Gasteiger partial charge in [0.15, 0.2) is 0 Å². The molecule has 0 radical (unpaired) electrons. The van der Waals surface area contributed by atoms with Gasteiger partial charge in [-0.2, -0.15) is 0 Å². The summed E-state index contributed by atoms with van der Waals surface area (Å²) in [6, 6.07) is 6.13. The van der Waals surface area contributed by atoms with Crippen LogP contribution in [0.2, 0.25) is 0 Å². The van der Waals surface area contributed by atoms with Crippen molar-refractivity contribution in [1.29, 1.82) is 0 Å². The quantitative estimate of drug-likeness (QED) is 0.573. The van der Waals surface area contributed by atoms with Gasteiger partial charge in [-0.05, 0) is 24.5 Å². The minimum atomic E-state index is 0.199. The summed E-state index contributed by atoms with van der Waals surface area (Å²) in [6.45, 7) is 4.38. The molecule has 0 saturated carbocycles. The number of rotatable bonds is 6. The fraction of sp³-hybridized carbons (Fsp3) is 0.455. The summed E-state index contributed by atoms with van der Waals surface area (Å²) < 4.78 is 0. The van der Waals surface area contributed by atoms with E-state index >= 15 is 0 Å².